The first-order valence-corrected chi connectivity index (χ1v) is 8.83. The predicted octanol–water partition coefficient (Wildman–Crippen LogP) is 3.79. The van der Waals surface area contributed by atoms with Crippen LogP contribution in [0.2, 0.25) is 0 Å². The molecule has 8 heteroatoms. The van der Waals surface area contributed by atoms with Crippen molar-refractivity contribution in [2.45, 2.75) is 23.9 Å². The van der Waals surface area contributed by atoms with Gasteiger partial charge in [-0.2, -0.15) is 0 Å². The van der Waals surface area contributed by atoms with Crippen molar-refractivity contribution in [1.82, 2.24) is 5.32 Å². The average molecular weight is 362 g/mol. The summed E-state index contributed by atoms with van der Waals surface area (Å²) in [4.78, 5) is 11.6. The summed E-state index contributed by atoms with van der Waals surface area (Å²) in [7, 11) is 0. The Kier molecular flexibility index (Phi) is 4.22. The van der Waals surface area contributed by atoms with Gasteiger partial charge >= 0.3 is 0 Å². The third kappa shape index (κ3) is 3.03. The first kappa shape index (κ1) is 16.2. The van der Waals surface area contributed by atoms with E-state index in [0.717, 1.165) is 17.7 Å². The monoisotopic (exact) mass is 362 g/mol. The van der Waals surface area contributed by atoms with Gasteiger partial charge in [-0.25, -0.2) is 4.39 Å². The van der Waals surface area contributed by atoms with Gasteiger partial charge in [-0.3, -0.25) is 10.1 Å². The topological polar surface area (TPSA) is 73.6 Å². The lowest BCUT2D eigenvalue weighted by Gasteiger charge is -2.26. The van der Waals surface area contributed by atoms with E-state index in [-0.39, 0.29) is 30.9 Å². The number of fused-ring (bicyclic) bond motifs is 2. The van der Waals surface area contributed by atoms with E-state index < -0.39 is 4.92 Å². The van der Waals surface area contributed by atoms with Crippen molar-refractivity contribution in [3.05, 3.63) is 57.4 Å². The maximum absolute atomic E-state index is 14.0. The largest absolute Gasteiger partial charge is 0.454 e. The van der Waals surface area contributed by atoms with Gasteiger partial charge in [0.1, 0.15) is 5.82 Å². The van der Waals surface area contributed by atoms with E-state index in [9.17, 15) is 14.5 Å². The first-order valence-electron chi connectivity index (χ1n) is 7.85. The molecule has 4 rings (SSSR count). The van der Waals surface area contributed by atoms with Crippen molar-refractivity contribution in [1.29, 1.82) is 0 Å². The highest BCUT2D eigenvalue weighted by atomic mass is 32.2. The van der Waals surface area contributed by atoms with E-state index in [0.29, 0.717) is 22.0 Å². The zero-order valence-corrected chi connectivity index (χ0v) is 14.0. The summed E-state index contributed by atoms with van der Waals surface area (Å²) >= 11 is 1.51. The van der Waals surface area contributed by atoms with Crippen LogP contribution in [-0.4, -0.2) is 17.5 Å². The van der Waals surface area contributed by atoms with Gasteiger partial charge in [0.2, 0.25) is 6.79 Å². The quantitative estimate of drug-likeness (QED) is 0.659. The van der Waals surface area contributed by atoms with Gasteiger partial charge in [-0.05, 0) is 29.9 Å². The molecule has 2 aliphatic heterocycles. The molecule has 0 saturated heterocycles. The number of rotatable bonds is 4. The summed E-state index contributed by atoms with van der Waals surface area (Å²) in [5, 5.41) is 14.7. The molecule has 2 aromatic carbocycles. The SMILES string of the molecule is O=[N+]([O-])c1cc2c(cc1CNC1CCSc3c(F)cccc31)OCO2. The number of nitrogens with zero attached hydrogens (tertiary/aromatic N) is 1. The van der Waals surface area contributed by atoms with Crippen LogP contribution in [0.1, 0.15) is 23.6 Å². The Hall–Kier alpha value is -2.32. The molecule has 2 heterocycles. The van der Waals surface area contributed by atoms with Crippen LogP contribution in [0.4, 0.5) is 10.1 Å². The molecule has 0 spiro atoms. The van der Waals surface area contributed by atoms with Gasteiger partial charge in [0.15, 0.2) is 11.5 Å². The minimum absolute atomic E-state index is 0.0126. The van der Waals surface area contributed by atoms with Crippen LogP contribution in [0.15, 0.2) is 35.2 Å². The Labute approximate surface area is 147 Å². The number of benzene rings is 2. The number of thioether (sulfide) groups is 1. The van der Waals surface area contributed by atoms with Crippen LogP contribution in [-0.2, 0) is 6.54 Å². The molecule has 1 N–H and O–H groups in total. The molecule has 130 valence electrons. The van der Waals surface area contributed by atoms with Gasteiger partial charge in [-0.1, -0.05) is 12.1 Å². The number of halogens is 1. The zero-order chi connectivity index (χ0) is 17.4. The lowest BCUT2D eigenvalue weighted by molar-refractivity contribution is -0.385. The van der Waals surface area contributed by atoms with E-state index in [2.05, 4.69) is 5.32 Å². The van der Waals surface area contributed by atoms with Crippen LogP contribution in [0.25, 0.3) is 0 Å². The summed E-state index contributed by atoms with van der Waals surface area (Å²) in [5.41, 5.74) is 1.41. The number of nitro groups is 1. The normalized spacial score (nSPS) is 18.0. The molecule has 0 aliphatic carbocycles. The third-order valence-corrected chi connectivity index (χ3v) is 5.49. The molecular formula is C17H15FN2O4S. The minimum atomic E-state index is -0.427. The van der Waals surface area contributed by atoms with E-state index in [1.165, 1.54) is 23.9 Å². The number of hydrogen-bond acceptors (Lipinski definition) is 6. The molecule has 0 aromatic heterocycles. The maximum Gasteiger partial charge on any atom is 0.277 e. The molecule has 2 aliphatic rings. The van der Waals surface area contributed by atoms with Crippen molar-refractivity contribution in [3.63, 3.8) is 0 Å². The van der Waals surface area contributed by atoms with Crippen molar-refractivity contribution in [2.24, 2.45) is 0 Å². The van der Waals surface area contributed by atoms with Crippen molar-refractivity contribution < 1.29 is 18.8 Å². The third-order valence-electron chi connectivity index (χ3n) is 4.34. The van der Waals surface area contributed by atoms with Crippen LogP contribution >= 0.6 is 11.8 Å². The highest BCUT2D eigenvalue weighted by Gasteiger charge is 2.26. The summed E-state index contributed by atoms with van der Waals surface area (Å²) in [6.45, 7) is 0.355. The molecule has 0 radical (unpaired) electrons. The van der Waals surface area contributed by atoms with Crippen LogP contribution < -0.4 is 14.8 Å². The van der Waals surface area contributed by atoms with Gasteiger partial charge in [0, 0.05) is 23.0 Å². The van der Waals surface area contributed by atoms with Gasteiger partial charge in [-0.15, -0.1) is 11.8 Å². The van der Waals surface area contributed by atoms with Crippen molar-refractivity contribution in [3.8, 4) is 11.5 Å². The van der Waals surface area contributed by atoms with Crippen molar-refractivity contribution >= 4 is 17.4 Å². The van der Waals surface area contributed by atoms with Gasteiger partial charge < -0.3 is 14.8 Å². The van der Waals surface area contributed by atoms with Gasteiger partial charge in [0.05, 0.1) is 11.0 Å². The molecule has 1 unspecified atom stereocenters. The van der Waals surface area contributed by atoms with E-state index in [4.69, 9.17) is 9.47 Å². The van der Waals surface area contributed by atoms with Gasteiger partial charge in [0.25, 0.3) is 5.69 Å². The smallest absolute Gasteiger partial charge is 0.277 e. The Balaban J connectivity index is 1.59. The standard InChI is InChI=1S/C17H15FN2O4S/c18-12-3-1-2-11-13(4-5-25-17(11)12)19-8-10-6-15-16(24-9-23-15)7-14(10)20(21)22/h1-3,6-7,13,19H,4-5,8-9H2. The Morgan fingerprint density at radius 2 is 2.12 bits per heavy atom. The fourth-order valence-electron chi connectivity index (χ4n) is 3.12. The second kappa shape index (κ2) is 6.53. The molecular weight excluding hydrogens is 347 g/mol. The predicted molar refractivity (Wildman–Crippen MR) is 90.5 cm³/mol. The van der Waals surface area contributed by atoms with E-state index in [1.54, 1.807) is 12.1 Å². The first-order chi connectivity index (χ1) is 12.1. The minimum Gasteiger partial charge on any atom is -0.454 e. The van der Waals surface area contributed by atoms with E-state index >= 15 is 0 Å². The highest BCUT2D eigenvalue weighted by Crippen LogP contribution is 2.40. The summed E-state index contributed by atoms with van der Waals surface area (Å²) in [6, 6.07) is 8.03. The summed E-state index contributed by atoms with van der Waals surface area (Å²) < 4.78 is 24.5. The van der Waals surface area contributed by atoms with Crippen molar-refractivity contribution in [2.75, 3.05) is 12.5 Å². The highest BCUT2D eigenvalue weighted by molar-refractivity contribution is 7.99. The lowest BCUT2D eigenvalue weighted by Crippen LogP contribution is -2.25. The number of nitro benzene ring substituents is 1. The Morgan fingerprint density at radius 1 is 1.32 bits per heavy atom. The molecule has 0 amide bonds. The number of ether oxygens (including phenoxy) is 2. The molecule has 0 bridgehead atoms. The van der Waals surface area contributed by atoms with E-state index in [1.807, 2.05) is 6.07 Å². The molecule has 1 atom stereocenters. The maximum atomic E-state index is 14.0. The summed E-state index contributed by atoms with van der Waals surface area (Å²) in [6.07, 6.45) is 0.833. The second-order valence-electron chi connectivity index (χ2n) is 5.82. The second-order valence-corrected chi connectivity index (χ2v) is 6.93. The average Bonchev–Trinajstić information content (AvgIpc) is 3.07. The van der Waals surface area contributed by atoms with Crippen LogP contribution in [0.3, 0.4) is 0 Å². The zero-order valence-electron chi connectivity index (χ0n) is 13.2. The lowest BCUT2D eigenvalue weighted by atomic mass is 10.0. The Bertz CT molecular complexity index is 846. The fourth-order valence-corrected chi connectivity index (χ4v) is 4.26. The molecule has 0 fully saturated rings. The summed E-state index contributed by atoms with van der Waals surface area (Å²) in [5.74, 6) is 1.47. The molecule has 0 saturated carbocycles. The molecule has 2 aromatic rings. The molecule has 6 nitrogen and oxygen atoms in total. The number of nitrogens with one attached hydrogen (secondary N) is 1. The molecule has 25 heavy (non-hydrogen) atoms. The van der Waals surface area contributed by atoms with Crippen LogP contribution in [0.5, 0.6) is 11.5 Å². The van der Waals surface area contributed by atoms with Crippen LogP contribution in [0, 0.1) is 15.9 Å². The fraction of sp³-hybridized carbons (Fsp3) is 0.294. The number of hydrogen-bond donors (Lipinski definition) is 1. The Morgan fingerprint density at radius 3 is 2.92 bits per heavy atom.